The van der Waals surface area contributed by atoms with E-state index in [1.807, 2.05) is 29.1 Å². The summed E-state index contributed by atoms with van der Waals surface area (Å²) in [5.74, 6) is 0.665. The van der Waals surface area contributed by atoms with Crippen LogP contribution in [0.4, 0.5) is 5.95 Å². The van der Waals surface area contributed by atoms with Gasteiger partial charge in [0.1, 0.15) is 11.3 Å². The Morgan fingerprint density at radius 1 is 1.20 bits per heavy atom. The molecule has 0 amide bonds. The maximum atomic E-state index is 5.39. The average molecular weight is 334 g/mol. The van der Waals surface area contributed by atoms with E-state index in [1.165, 1.54) is 0 Å². The second kappa shape index (κ2) is 5.86. The molecule has 1 aliphatic heterocycles. The van der Waals surface area contributed by atoms with Gasteiger partial charge in [-0.05, 0) is 25.0 Å². The average Bonchev–Trinajstić information content (AvgIpc) is 3.28. The number of hydrogen-bond donors (Lipinski definition) is 2. The molecule has 25 heavy (non-hydrogen) atoms. The number of aromatic nitrogens is 5. The van der Waals surface area contributed by atoms with Crippen molar-refractivity contribution < 1.29 is 4.74 Å². The number of H-pyrrole nitrogens is 1. The van der Waals surface area contributed by atoms with E-state index in [9.17, 15) is 0 Å². The topological polar surface area (TPSA) is 80.1 Å². The lowest BCUT2D eigenvalue weighted by Crippen LogP contribution is -2.28. The van der Waals surface area contributed by atoms with Gasteiger partial charge in [-0.1, -0.05) is 0 Å². The number of imidazole rings is 1. The Morgan fingerprint density at radius 2 is 2.12 bits per heavy atom. The SMILES string of the molecule is c1cn2cc(-c3c[nH]c4nc(NC5CCOCC5)ncc34)ccc2n1. The molecular formula is C18H18N6O. The van der Waals surface area contributed by atoms with E-state index < -0.39 is 0 Å². The highest BCUT2D eigenvalue weighted by Crippen LogP contribution is 2.28. The fourth-order valence-electron chi connectivity index (χ4n) is 3.32. The van der Waals surface area contributed by atoms with Gasteiger partial charge in [-0.25, -0.2) is 9.97 Å². The van der Waals surface area contributed by atoms with Crippen molar-refractivity contribution in [1.29, 1.82) is 0 Å². The second-order valence-corrected chi connectivity index (χ2v) is 6.30. The molecule has 0 radical (unpaired) electrons. The maximum absolute atomic E-state index is 5.39. The van der Waals surface area contributed by atoms with Crippen LogP contribution in [0.15, 0.2) is 43.1 Å². The van der Waals surface area contributed by atoms with Crippen molar-refractivity contribution in [1.82, 2.24) is 24.3 Å². The summed E-state index contributed by atoms with van der Waals surface area (Å²) in [5.41, 5.74) is 3.96. The number of aromatic amines is 1. The van der Waals surface area contributed by atoms with Crippen LogP contribution in [0.25, 0.3) is 27.8 Å². The van der Waals surface area contributed by atoms with Crippen molar-refractivity contribution in [3.8, 4) is 11.1 Å². The fourth-order valence-corrected chi connectivity index (χ4v) is 3.32. The highest BCUT2D eigenvalue weighted by Gasteiger charge is 2.15. The molecule has 1 saturated heterocycles. The molecule has 0 spiro atoms. The number of rotatable bonds is 3. The van der Waals surface area contributed by atoms with Crippen molar-refractivity contribution in [3.05, 3.63) is 43.1 Å². The Kier molecular flexibility index (Phi) is 3.38. The Bertz CT molecular complexity index is 1030. The van der Waals surface area contributed by atoms with E-state index in [0.717, 1.165) is 53.9 Å². The number of fused-ring (bicyclic) bond motifs is 2. The third kappa shape index (κ3) is 2.62. The summed E-state index contributed by atoms with van der Waals surface area (Å²) >= 11 is 0. The van der Waals surface area contributed by atoms with Crippen molar-refractivity contribution in [3.63, 3.8) is 0 Å². The highest BCUT2D eigenvalue weighted by atomic mass is 16.5. The molecule has 7 heteroatoms. The van der Waals surface area contributed by atoms with E-state index >= 15 is 0 Å². The normalized spacial score (nSPS) is 15.8. The van der Waals surface area contributed by atoms with Crippen molar-refractivity contribution in [2.75, 3.05) is 18.5 Å². The monoisotopic (exact) mass is 334 g/mol. The lowest BCUT2D eigenvalue weighted by atomic mass is 10.1. The Labute approximate surface area is 144 Å². The molecule has 0 atom stereocenters. The van der Waals surface area contributed by atoms with Gasteiger partial charge in [0.15, 0.2) is 0 Å². The molecule has 0 saturated carbocycles. The zero-order valence-corrected chi connectivity index (χ0v) is 13.6. The van der Waals surface area contributed by atoms with Crippen LogP contribution < -0.4 is 5.32 Å². The van der Waals surface area contributed by atoms with Gasteiger partial charge < -0.3 is 19.4 Å². The van der Waals surface area contributed by atoms with Gasteiger partial charge in [0.25, 0.3) is 0 Å². The number of pyridine rings is 1. The van der Waals surface area contributed by atoms with Gasteiger partial charge in [0.2, 0.25) is 5.95 Å². The van der Waals surface area contributed by atoms with Gasteiger partial charge in [0, 0.05) is 66.8 Å². The fraction of sp³-hybridized carbons (Fsp3) is 0.278. The molecule has 0 unspecified atom stereocenters. The minimum absolute atomic E-state index is 0.379. The first-order chi connectivity index (χ1) is 12.4. The molecule has 0 aliphatic carbocycles. The summed E-state index contributed by atoms with van der Waals surface area (Å²) in [5, 5.41) is 4.42. The molecule has 4 aromatic heterocycles. The van der Waals surface area contributed by atoms with Crippen molar-refractivity contribution in [2.45, 2.75) is 18.9 Å². The van der Waals surface area contributed by atoms with E-state index in [2.05, 4.69) is 37.5 Å². The van der Waals surface area contributed by atoms with Gasteiger partial charge in [0.05, 0.1) is 0 Å². The van der Waals surface area contributed by atoms with Crippen LogP contribution in [0, 0.1) is 0 Å². The zero-order valence-electron chi connectivity index (χ0n) is 13.6. The van der Waals surface area contributed by atoms with E-state index in [1.54, 1.807) is 6.20 Å². The van der Waals surface area contributed by atoms with Crippen LogP contribution in [-0.2, 0) is 4.74 Å². The zero-order chi connectivity index (χ0) is 16.6. The first-order valence-electron chi connectivity index (χ1n) is 8.48. The summed E-state index contributed by atoms with van der Waals surface area (Å²) in [4.78, 5) is 16.7. The molecule has 5 heterocycles. The highest BCUT2D eigenvalue weighted by molar-refractivity contribution is 5.93. The molecule has 7 nitrogen and oxygen atoms in total. The minimum Gasteiger partial charge on any atom is -0.381 e. The number of nitrogens with zero attached hydrogens (tertiary/aromatic N) is 4. The first-order valence-corrected chi connectivity index (χ1v) is 8.48. The van der Waals surface area contributed by atoms with E-state index in [4.69, 9.17) is 4.74 Å². The molecule has 4 aromatic rings. The predicted octanol–water partition coefficient (Wildman–Crippen LogP) is 2.86. The lowest BCUT2D eigenvalue weighted by molar-refractivity contribution is 0.0903. The second-order valence-electron chi connectivity index (χ2n) is 6.30. The molecule has 126 valence electrons. The Balaban J connectivity index is 1.48. The summed E-state index contributed by atoms with van der Waals surface area (Å²) < 4.78 is 7.40. The van der Waals surface area contributed by atoms with E-state index in [-0.39, 0.29) is 0 Å². The van der Waals surface area contributed by atoms with Crippen LogP contribution in [0.1, 0.15) is 12.8 Å². The Morgan fingerprint density at radius 3 is 3.04 bits per heavy atom. The van der Waals surface area contributed by atoms with Crippen LogP contribution in [0.2, 0.25) is 0 Å². The standard InChI is InChI=1S/C18H18N6O/c1-2-16-19-5-6-24(16)11-12(1)14-9-20-17-15(14)10-21-18(23-17)22-13-3-7-25-8-4-13/h1-2,5-6,9-11,13H,3-4,7-8H2,(H2,20,21,22,23). The molecule has 5 rings (SSSR count). The molecule has 0 bridgehead atoms. The smallest absolute Gasteiger partial charge is 0.224 e. The lowest BCUT2D eigenvalue weighted by Gasteiger charge is -2.22. The number of nitrogens with one attached hydrogen (secondary N) is 2. The van der Waals surface area contributed by atoms with Crippen molar-refractivity contribution in [2.24, 2.45) is 0 Å². The summed E-state index contributed by atoms with van der Waals surface area (Å²) in [6, 6.07) is 4.46. The van der Waals surface area contributed by atoms with Crippen molar-refractivity contribution >= 4 is 22.6 Å². The quantitative estimate of drug-likeness (QED) is 0.602. The van der Waals surface area contributed by atoms with Gasteiger partial charge in [-0.3, -0.25) is 0 Å². The summed E-state index contributed by atoms with van der Waals surface area (Å²) in [6.07, 6.45) is 11.7. The van der Waals surface area contributed by atoms with Crippen LogP contribution in [0.5, 0.6) is 0 Å². The van der Waals surface area contributed by atoms with Crippen LogP contribution >= 0.6 is 0 Å². The predicted molar refractivity (Wildman–Crippen MR) is 95.5 cm³/mol. The Hall–Kier alpha value is -2.93. The van der Waals surface area contributed by atoms with Gasteiger partial charge in [-0.2, -0.15) is 4.98 Å². The molecule has 2 N–H and O–H groups in total. The molecule has 1 aliphatic rings. The minimum atomic E-state index is 0.379. The summed E-state index contributed by atoms with van der Waals surface area (Å²) in [6.45, 7) is 1.59. The third-order valence-electron chi connectivity index (χ3n) is 4.69. The first kappa shape index (κ1) is 14.4. The largest absolute Gasteiger partial charge is 0.381 e. The van der Waals surface area contributed by atoms with Gasteiger partial charge >= 0.3 is 0 Å². The van der Waals surface area contributed by atoms with Gasteiger partial charge in [-0.15, -0.1) is 0 Å². The number of anilines is 1. The molecular weight excluding hydrogens is 316 g/mol. The van der Waals surface area contributed by atoms with Crippen LogP contribution in [0.3, 0.4) is 0 Å². The molecule has 1 fully saturated rings. The third-order valence-corrected chi connectivity index (χ3v) is 4.69. The van der Waals surface area contributed by atoms with E-state index in [0.29, 0.717) is 12.0 Å². The summed E-state index contributed by atoms with van der Waals surface area (Å²) in [7, 11) is 0. The maximum Gasteiger partial charge on any atom is 0.224 e. The van der Waals surface area contributed by atoms with Crippen LogP contribution in [-0.4, -0.2) is 43.6 Å². The molecule has 0 aromatic carbocycles. The number of hydrogen-bond acceptors (Lipinski definition) is 5. The number of ether oxygens (including phenoxy) is 1.